The van der Waals surface area contributed by atoms with Crippen LogP contribution in [0.3, 0.4) is 0 Å². The summed E-state index contributed by atoms with van der Waals surface area (Å²) in [5, 5.41) is 1.01. The molecule has 0 bridgehead atoms. The van der Waals surface area contributed by atoms with Gasteiger partial charge in [0.25, 0.3) is 0 Å². The third kappa shape index (κ3) is 2.80. The maximum Gasteiger partial charge on any atom is 0.336 e. The minimum atomic E-state index is -0.299. The Morgan fingerprint density at radius 3 is 2.69 bits per heavy atom. The van der Waals surface area contributed by atoms with E-state index in [1.165, 1.54) is 5.56 Å². The van der Waals surface area contributed by atoms with Crippen LogP contribution < -0.4 is 10.4 Å². The largest absolute Gasteiger partial charge is 0.477 e. The third-order valence-corrected chi connectivity index (χ3v) is 5.34. The molecule has 0 amide bonds. The van der Waals surface area contributed by atoms with Crippen LogP contribution in [-0.2, 0) is 13.0 Å². The van der Waals surface area contributed by atoms with Gasteiger partial charge in [0, 0.05) is 35.2 Å². The SMILES string of the molecule is CCc1cc(=O)oc2c(C)c3c(cc12)CN(C(C)c1ccccc1)CO3. The van der Waals surface area contributed by atoms with Gasteiger partial charge in [0.1, 0.15) is 18.1 Å². The summed E-state index contributed by atoms with van der Waals surface area (Å²) < 4.78 is 11.6. The summed E-state index contributed by atoms with van der Waals surface area (Å²) in [6, 6.07) is 14.5. The Kier molecular flexibility index (Phi) is 4.29. The number of ether oxygens (including phenoxy) is 1. The fourth-order valence-corrected chi connectivity index (χ4v) is 3.79. The zero-order valence-electron chi connectivity index (χ0n) is 15.4. The van der Waals surface area contributed by atoms with Gasteiger partial charge in [0.2, 0.25) is 0 Å². The van der Waals surface area contributed by atoms with Crippen molar-refractivity contribution >= 4 is 11.0 Å². The lowest BCUT2D eigenvalue weighted by Crippen LogP contribution is -2.34. The van der Waals surface area contributed by atoms with E-state index < -0.39 is 0 Å². The van der Waals surface area contributed by atoms with Gasteiger partial charge in [-0.05, 0) is 37.5 Å². The first-order valence-electron chi connectivity index (χ1n) is 9.09. The van der Waals surface area contributed by atoms with Crippen molar-refractivity contribution < 1.29 is 9.15 Å². The van der Waals surface area contributed by atoms with Crippen molar-refractivity contribution in [3.05, 3.63) is 75.1 Å². The predicted molar refractivity (Wildman–Crippen MR) is 102 cm³/mol. The summed E-state index contributed by atoms with van der Waals surface area (Å²) >= 11 is 0. The molecule has 4 heteroatoms. The van der Waals surface area contributed by atoms with Gasteiger partial charge >= 0.3 is 5.63 Å². The van der Waals surface area contributed by atoms with Gasteiger partial charge in [-0.25, -0.2) is 4.79 Å². The Balaban J connectivity index is 1.76. The highest BCUT2D eigenvalue weighted by Gasteiger charge is 2.26. The van der Waals surface area contributed by atoms with E-state index in [-0.39, 0.29) is 11.7 Å². The second-order valence-electron chi connectivity index (χ2n) is 6.92. The number of rotatable bonds is 3. The zero-order valence-corrected chi connectivity index (χ0v) is 15.4. The average Bonchev–Trinajstić information content (AvgIpc) is 2.68. The van der Waals surface area contributed by atoms with Crippen molar-refractivity contribution in [3.8, 4) is 5.75 Å². The van der Waals surface area contributed by atoms with Crippen LogP contribution in [-0.4, -0.2) is 11.6 Å². The summed E-state index contributed by atoms with van der Waals surface area (Å²) in [6.45, 7) is 7.56. The summed E-state index contributed by atoms with van der Waals surface area (Å²) in [4.78, 5) is 14.2. The van der Waals surface area contributed by atoms with Crippen LogP contribution in [0.4, 0.5) is 0 Å². The highest BCUT2D eigenvalue weighted by atomic mass is 16.5. The molecule has 0 saturated carbocycles. The summed E-state index contributed by atoms with van der Waals surface area (Å²) in [7, 11) is 0. The Labute approximate surface area is 153 Å². The Morgan fingerprint density at radius 2 is 1.96 bits per heavy atom. The second-order valence-corrected chi connectivity index (χ2v) is 6.92. The van der Waals surface area contributed by atoms with E-state index in [0.717, 1.165) is 40.8 Å². The van der Waals surface area contributed by atoms with E-state index in [2.05, 4.69) is 49.1 Å². The molecule has 0 aliphatic carbocycles. The van der Waals surface area contributed by atoms with Crippen LogP contribution in [0.1, 0.15) is 42.1 Å². The number of hydrogen-bond donors (Lipinski definition) is 0. The lowest BCUT2D eigenvalue weighted by atomic mass is 9.98. The van der Waals surface area contributed by atoms with Crippen LogP contribution in [0.25, 0.3) is 11.0 Å². The maximum atomic E-state index is 11.9. The van der Waals surface area contributed by atoms with Crippen molar-refractivity contribution in [3.63, 3.8) is 0 Å². The standard InChI is InChI=1S/C22H23NO3/c1-4-16-11-20(24)26-22-14(2)21-18(10-19(16)22)12-23(13-25-21)15(3)17-8-6-5-7-9-17/h5-11,15H,4,12-13H2,1-3H3. The molecule has 0 saturated heterocycles. The Hall–Kier alpha value is -2.59. The molecule has 2 aromatic carbocycles. The van der Waals surface area contributed by atoms with Gasteiger partial charge in [-0.2, -0.15) is 0 Å². The average molecular weight is 349 g/mol. The maximum absolute atomic E-state index is 11.9. The lowest BCUT2D eigenvalue weighted by Gasteiger charge is -2.34. The highest BCUT2D eigenvalue weighted by molar-refractivity contribution is 5.86. The minimum absolute atomic E-state index is 0.264. The van der Waals surface area contributed by atoms with Gasteiger partial charge in [-0.15, -0.1) is 0 Å². The smallest absolute Gasteiger partial charge is 0.336 e. The molecule has 0 N–H and O–H groups in total. The van der Waals surface area contributed by atoms with Crippen molar-refractivity contribution in [2.24, 2.45) is 0 Å². The van der Waals surface area contributed by atoms with Crippen LogP contribution in [0.5, 0.6) is 5.75 Å². The first kappa shape index (κ1) is 16.9. The van der Waals surface area contributed by atoms with Crippen LogP contribution in [0, 0.1) is 6.92 Å². The van der Waals surface area contributed by atoms with Crippen molar-refractivity contribution in [1.29, 1.82) is 0 Å². The predicted octanol–water partition coefficient (Wildman–Crippen LogP) is 4.58. The molecule has 1 unspecified atom stereocenters. The molecular weight excluding hydrogens is 326 g/mol. The van der Waals surface area contributed by atoms with E-state index in [4.69, 9.17) is 9.15 Å². The zero-order chi connectivity index (χ0) is 18.3. The minimum Gasteiger partial charge on any atom is -0.477 e. The van der Waals surface area contributed by atoms with E-state index in [9.17, 15) is 4.79 Å². The molecule has 4 rings (SSSR count). The first-order valence-corrected chi connectivity index (χ1v) is 9.09. The number of benzene rings is 2. The molecule has 1 atom stereocenters. The van der Waals surface area contributed by atoms with Gasteiger partial charge < -0.3 is 9.15 Å². The number of fused-ring (bicyclic) bond motifs is 2. The van der Waals surface area contributed by atoms with Gasteiger partial charge in [-0.1, -0.05) is 37.3 Å². The molecule has 0 radical (unpaired) electrons. The summed E-state index contributed by atoms with van der Waals surface area (Å²) in [5.74, 6) is 0.852. The second kappa shape index (κ2) is 6.61. The topological polar surface area (TPSA) is 42.7 Å². The van der Waals surface area contributed by atoms with Crippen molar-refractivity contribution in [1.82, 2.24) is 4.90 Å². The number of hydrogen-bond acceptors (Lipinski definition) is 4. The lowest BCUT2D eigenvalue weighted by molar-refractivity contribution is 0.0613. The van der Waals surface area contributed by atoms with E-state index in [1.54, 1.807) is 6.07 Å². The van der Waals surface area contributed by atoms with Crippen molar-refractivity contribution in [2.75, 3.05) is 6.73 Å². The third-order valence-electron chi connectivity index (χ3n) is 5.34. The fraction of sp³-hybridized carbons (Fsp3) is 0.318. The van der Waals surface area contributed by atoms with E-state index in [1.807, 2.05) is 13.0 Å². The molecular formula is C22H23NO3. The first-order chi connectivity index (χ1) is 12.6. The highest BCUT2D eigenvalue weighted by Crippen LogP contribution is 2.37. The molecule has 0 spiro atoms. The number of aryl methyl sites for hydroxylation is 2. The van der Waals surface area contributed by atoms with Crippen molar-refractivity contribution in [2.45, 2.75) is 39.8 Å². The quantitative estimate of drug-likeness (QED) is 0.649. The molecule has 1 aliphatic rings. The molecule has 1 aromatic heterocycles. The van der Waals surface area contributed by atoms with Crippen LogP contribution >= 0.6 is 0 Å². The Bertz CT molecular complexity index is 1010. The normalized spacial score (nSPS) is 15.5. The Morgan fingerprint density at radius 1 is 1.19 bits per heavy atom. The molecule has 26 heavy (non-hydrogen) atoms. The summed E-state index contributed by atoms with van der Waals surface area (Å²) in [6.07, 6.45) is 0.797. The molecule has 0 fully saturated rings. The summed E-state index contributed by atoms with van der Waals surface area (Å²) in [5.41, 5.74) is 4.71. The fourth-order valence-electron chi connectivity index (χ4n) is 3.79. The van der Waals surface area contributed by atoms with Gasteiger partial charge in [0.15, 0.2) is 0 Å². The molecule has 134 valence electrons. The van der Waals surface area contributed by atoms with Gasteiger partial charge in [0.05, 0.1) is 0 Å². The van der Waals surface area contributed by atoms with E-state index in [0.29, 0.717) is 12.3 Å². The number of nitrogens with zero attached hydrogens (tertiary/aromatic N) is 1. The molecule has 1 aliphatic heterocycles. The molecule has 3 aromatic rings. The molecule has 2 heterocycles. The van der Waals surface area contributed by atoms with Crippen LogP contribution in [0.15, 0.2) is 51.7 Å². The molecule has 4 nitrogen and oxygen atoms in total. The van der Waals surface area contributed by atoms with E-state index >= 15 is 0 Å². The monoisotopic (exact) mass is 349 g/mol. The van der Waals surface area contributed by atoms with Gasteiger partial charge in [-0.3, -0.25) is 4.90 Å². The van der Waals surface area contributed by atoms with Crippen LogP contribution in [0.2, 0.25) is 0 Å².